The second kappa shape index (κ2) is 9.78. The maximum absolute atomic E-state index is 12.5. The first-order valence-corrected chi connectivity index (χ1v) is 10.1. The van der Waals surface area contributed by atoms with Crippen LogP contribution in [0.3, 0.4) is 0 Å². The molecule has 7 heteroatoms. The van der Waals surface area contributed by atoms with Gasteiger partial charge in [-0.3, -0.25) is 9.79 Å². The normalized spacial score (nSPS) is 20.4. The van der Waals surface area contributed by atoms with Crippen molar-refractivity contribution in [1.82, 2.24) is 15.1 Å². The van der Waals surface area contributed by atoms with E-state index in [2.05, 4.69) is 35.1 Å². The lowest BCUT2D eigenvalue weighted by Gasteiger charge is -2.37. The summed E-state index contributed by atoms with van der Waals surface area (Å²) >= 11 is 0. The third-order valence-corrected chi connectivity index (χ3v) is 5.16. The van der Waals surface area contributed by atoms with Crippen molar-refractivity contribution in [3.8, 4) is 5.75 Å². The molecule has 1 atom stereocenters. The van der Waals surface area contributed by atoms with Gasteiger partial charge in [0.2, 0.25) is 0 Å². The number of piperazine rings is 1. The lowest BCUT2D eigenvalue weighted by molar-refractivity contribution is -0.142. The van der Waals surface area contributed by atoms with Crippen LogP contribution in [0.15, 0.2) is 23.2 Å². The molecule has 1 N–H and O–H groups in total. The number of amides is 1. The zero-order chi connectivity index (χ0) is 19.9. The summed E-state index contributed by atoms with van der Waals surface area (Å²) in [6.45, 7) is 9.06. The van der Waals surface area contributed by atoms with E-state index in [0.717, 1.165) is 37.6 Å². The number of hydrogen-bond acceptors (Lipinski definition) is 4. The van der Waals surface area contributed by atoms with Crippen LogP contribution in [0.4, 0.5) is 0 Å². The van der Waals surface area contributed by atoms with Gasteiger partial charge in [-0.25, -0.2) is 0 Å². The molecule has 1 unspecified atom stereocenters. The standard InChI is InChI=1S/C21H32N4O3/c1-16-13-17(2)15-18(14-16)27-12-6-23-21(22-3)25-9-7-24(8-10-25)20(26)19-5-4-11-28-19/h13-15,19H,4-12H2,1-3H3,(H,22,23). The number of nitrogens with zero attached hydrogens (tertiary/aromatic N) is 3. The Balaban J connectivity index is 1.40. The first kappa shape index (κ1) is 20.5. The number of guanidine groups is 1. The highest BCUT2D eigenvalue weighted by Gasteiger charge is 2.30. The molecule has 2 aliphatic rings. The lowest BCUT2D eigenvalue weighted by Crippen LogP contribution is -2.55. The first-order chi connectivity index (χ1) is 13.6. The largest absolute Gasteiger partial charge is 0.492 e. The molecule has 1 aromatic rings. The number of carbonyl (C=O) groups is 1. The van der Waals surface area contributed by atoms with E-state index in [0.29, 0.717) is 32.8 Å². The van der Waals surface area contributed by atoms with E-state index < -0.39 is 0 Å². The number of hydrogen-bond donors (Lipinski definition) is 1. The average Bonchev–Trinajstić information content (AvgIpc) is 3.22. The summed E-state index contributed by atoms with van der Waals surface area (Å²) in [5.74, 6) is 1.89. The maximum atomic E-state index is 12.5. The molecule has 0 radical (unpaired) electrons. The SMILES string of the molecule is CN=C(NCCOc1cc(C)cc(C)c1)N1CCN(C(=O)C2CCCO2)CC1. The summed E-state index contributed by atoms with van der Waals surface area (Å²) < 4.78 is 11.4. The highest BCUT2D eigenvalue weighted by atomic mass is 16.5. The number of carbonyl (C=O) groups excluding carboxylic acids is 1. The fourth-order valence-electron chi connectivity index (χ4n) is 3.79. The van der Waals surface area contributed by atoms with Crippen LogP contribution < -0.4 is 10.1 Å². The van der Waals surface area contributed by atoms with Gasteiger partial charge in [0.1, 0.15) is 18.5 Å². The Bertz CT molecular complexity index is 673. The third-order valence-electron chi connectivity index (χ3n) is 5.16. The van der Waals surface area contributed by atoms with E-state index in [9.17, 15) is 4.79 Å². The van der Waals surface area contributed by atoms with Crippen LogP contribution in [0.5, 0.6) is 5.75 Å². The van der Waals surface area contributed by atoms with E-state index in [1.807, 2.05) is 17.0 Å². The first-order valence-electron chi connectivity index (χ1n) is 10.1. The molecular formula is C21H32N4O3. The molecule has 1 amide bonds. The fraction of sp³-hybridized carbons (Fsp3) is 0.619. The summed E-state index contributed by atoms with van der Waals surface area (Å²) in [4.78, 5) is 20.9. The van der Waals surface area contributed by atoms with Crippen molar-refractivity contribution in [3.05, 3.63) is 29.3 Å². The summed E-state index contributed by atoms with van der Waals surface area (Å²) in [6.07, 6.45) is 1.60. The maximum Gasteiger partial charge on any atom is 0.251 e. The molecule has 1 aromatic carbocycles. The van der Waals surface area contributed by atoms with Gasteiger partial charge in [-0.2, -0.15) is 0 Å². The minimum absolute atomic E-state index is 0.141. The molecule has 2 heterocycles. The van der Waals surface area contributed by atoms with Crippen molar-refractivity contribution < 1.29 is 14.3 Å². The number of nitrogens with one attached hydrogen (secondary N) is 1. The Hall–Kier alpha value is -2.28. The van der Waals surface area contributed by atoms with Crippen LogP contribution in [-0.4, -0.2) is 80.8 Å². The van der Waals surface area contributed by atoms with Crippen LogP contribution in [-0.2, 0) is 9.53 Å². The van der Waals surface area contributed by atoms with Crippen molar-refractivity contribution in [2.24, 2.45) is 4.99 Å². The second-order valence-corrected chi connectivity index (χ2v) is 7.46. The van der Waals surface area contributed by atoms with Gasteiger partial charge in [0, 0.05) is 39.8 Å². The highest BCUT2D eigenvalue weighted by molar-refractivity contribution is 5.82. The topological polar surface area (TPSA) is 66.4 Å². The van der Waals surface area contributed by atoms with Crippen molar-refractivity contribution in [2.45, 2.75) is 32.8 Å². The Morgan fingerprint density at radius 1 is 1.18 bits per heavy atom. The Kier molecular flexibility index (Phi) is 7.14. The summed E-state index contributed by atoms with van der Waals surface area (Å²) in [6, 6.07) is 6.23. The van der Waals surface area contributed by atoms with Gasteiger partial charge in [-0.05, 0) is 49.9 Å². The zero-order valence-corrected chi connectivity index (χ0v) is 17.2. The van der Waals surface area contributed by atoms with Crippen LogP contribution >= 0.6 is 0 Å². The third kappa shape index (κ3) is 5.38. The summed E-state index contributed by atoms with van der Waals surface area (Å²) in [5.41, 5.74) is 2.41. The monoisotopic (exact) mass is 388 g/mol. The molecule has 2 fully saturated rings. The molecule has 2 saturated heterocycles. The predicted molar refractivity (Wildman–Crippen MR) is 110 cm³/mol. The number of rotatable bonds is 5. The van der Waals surface area contributed by atoms with E-state index in [1.165, 1.54) is 11.1 Å². The van der Waals surface area contributed by atoms with Crippen LogP contribution in [0, 0.1) is 13.8 Å². The number of aryl methyl sites for hydroxylation is 2. The van der Waals surface area contributed by atoms with Gasteiger partial charge in [0.25, 0.3) is 5.91 Å². The van der Waals surface area contributed by atoms with Gasteiger partial charge in [0.15, 0.2) is 5.96 Å². The van der Waals surface area contributed by atoms with Gasteiger partial charge in [-0.15, -0.1) is 0 Å². The highest BCUT2D eigenvalue weighted by Crippen LogP contribution is 2.17. The summed E-state index contributed by atoms with van der Waals surface area (Å²) in [7, 11) is 1.79. The van der Waals surface area contributed by atoms with Crippen LogP contribution in [0.2, 0.25) is 0 Å². The number of benzene rings is 1. The van der Waals surface area contributed by atoms with Crippen LogP contribution in [0.25, 0.3) is 0 Å². The minimum Gasteiger partial charge on any atom is -0.492 e. The molecule has 0 aliphatic carbocycles. The Morgan fingerprint density at radius 3 is 2.46 bits per heavy atom. The van der Waals surface area contributed by atoms with Gasteiger partial charge >= 0.3 is 0 Å². The molecule has 7 nitrogen and oxygen atoms in total. The van der Waals surface area contributed by atoms with Gasteiger partial charge < -0.3 is 24.6 Å². The van der Waals surface area contributed by atoms with E-state index >= 15 is 0 Å². The smallest absolute Gasteiger partial charge is 0.251 e. The Labute approximate surface area is 167 Å². The molecule has 0 spiro atoms. The minimum atomic E-state index is -0.230. The quantitative estimate of drug-likeness (QED) is 0.471. The van der Waals surface area contributed by atoms with Crippen molar-refractivity contribution >= 4 is 11.9 Å². The number of aliphatic imine (C=N–C) groups is 1. The van der Waals surface area contributed by atoms with E-state index in [-0.39, 0.29) is 12.0 Å². The van der Waals surface area contributed by atoms with Crippen molar-refractivity contribution in [2.75, 3.05) is 53.0 Å². The molecule has 154 valence electrons. The molecule has 0 bridgehead atoms. The van der Waals surface area contributed by atoms with E-state index in [1.54, 1.807) is 7.05 Å². The van der Waals surface area contributed by atoms with Crippen molar-refractivity contribution in [1.29, 1.82) is 0 Å². The molecule has 28 heavy (non-hydrogen) atoms. The molecular weight excluding hydrogens is 356 g/mol. The summed E-state index contributed by atoms with van der Waals surface area (Å²) in [5, 5.41) is 3.36. The second-order valence-electron chi connectivity index (χ2n) is 7.46. The molecule has 0 aromatic heterocycles. The zero-order valence-electron chi connectivity index (χ0n) is 17.2. The van der Waals surface area contributed by atoms with Crippen molar-refractivity contribution in [3.63, 3.8) is 0 Å². The van der Waals surface area contributed by atoms with Gasteiger partial charge in [-0.1, -0.05) is 6.07 Å². The van der Waals surface area contributed by atoms with Crippen LogP contribution in [0.1, 0.15) is 24.0 Å². The molecule has 2 aliphatic heterocycles. The lowest BCUT2D eigenvalue weighted by atomic mass is 10.1. The Morgan fingerprint density at radius 2 is 1.86 bits per heavy atom. The molecule has 0 saturated carbocycles. The fourth-order valence-corrected chi connectivity index (χ4v) is 3.79. The van der Waals surface area contributed by atoms with E-state index in [4.69, 9.17) is 9.47 Å². The number of ether oxygens (including phenoxy) is 2. The average molecular weight is 389 g/mol. The predicted octanol–water partition coefficient (Wildman–Crippen LogP) is 1.58. The molecule has 3 rings (SSSR count). The van der Waals surface area contributed by atoms with Gasteiger partial charge in [0.05, 0.1) is 6.54 Å².